The summed E-state index contributed by atoms with van der Waals surface area (Å²) in [4.78, 5) is 19.7. The number of carboxylic acid groups (broad SMARTS) is 2. The maximum atomic E-state index is 9.87. The SMILES string of the molecule is C=C(CC(=O)O)C(=O)O.CC(C)CC(C)O. The summed E-state index contributed by atoms with van der Waals surface area (Å²) in [5.41, 5.74) is -0.303. The summed E-state index contributed by atoms with van der Waals surface area (Å²) < 4.78 is 0. The molecule has 0 amide bonds. The van der Waals surface area contributed by atoms with Gasteiger partial charge in [0, 0.05) is 5.57 Å². The van der Waals surface area contributed by atoms with Crippen LogP contribution in [0.1, 0.15) is 33.6 Å². The van der Waals surface area contributed by atoms with Gasteiger partial charge in [-0.1, -0.05) is 20.4 Å². The summed E-state index contributed by atoms with van der Waals surface area (Å²) in [6.07, 6.45) is 0.287. The van der Waals surface area contributed by atoms with Crippen molar-refractivity contribution in [2.45, 2.75) is 39.7 Å². The van der Waals surface area contributed by atoms with Crippen molar-refractivity contribution in [2.75, 3.05) is 0 Å². The van der Waals surface area contributed by atoms with Crippen LogP contribution in [0.5, 0.6) is 0 Å². The van der Waals surface area contributed by atoms with Gasteiger partial charge in [-0.2, -0.15) is 0 Å². The summed E-state index contributed by atoms with van der Waals surface area (Å²) in [6, 6.07) is 0. The lowest BCUT2D eigenvalue weighted by atomic mass is 10.1. The van der Waals surface area contributed by atoms with Gasteiger partial charge in [-0.25, -0.2) is 4.79 Å². The van der Waals surface area contributed by atoms with Crippen LogP contribution in [0.4, 0.5) is 0 Å². The fraction of sp³-hybridized carbons (Fsp3) is 0.636. The standard InChI is InChI=1S/C6H14O.C5H6O4/c1-5(2)4-6(3)7;1-3(5(8)9)2-4(6)7/h5-7H,4H2,1-3H3;1-2H2,(H,6,7)(H,8,9). The van der Waals surface area contributed by atoms with Gasteiger partial charge in [0.15, 0.2) is 0 Å². The Bertz CT molecular complexity index is 237. The number of aliphatic hydroxyl groups is 1. The van der Waals surface area contributed by atoms with Crippen molar-refractivity contribution in [3.8, 4) is 0 Å². The minimum atomic E-state index is -1.27. The van der Waals surface area contributed by atoms with Crippen molar-refractivity contribution in [3.05, 3.63) is 12.2 Å². The molecule has 0 bridgehead atoms. The maximum absolute atomic E-state index is 9.87. The summed E-state index contributed by atoms with van der Waals surface area (Å²) in [5.74, 6) is -1.82. The number of rotatable bonds is 5. The lowest BCUT2D eigenvalue weighted by Crippen LogP contribution is -2.04. The van der Waals surface area contributed by atoms with Crippen LogP contribution in [0.25, 0.3) is 0 Å². The smallest absolute Gasteiger partial charge is 0.331 e. The van der Waals surface area contributed by atoms with Crippen molar-refractivity contribution in [1.82, 2.24) is 0 Å². The van der Waals surface area contributed by atoms with Crippen molar-refractivity contribution in [2.24, 2.45) is 5.92 Å². The van der Waals surface area contributed by atoms with E-state index in [2.05, 4.69) is 20.4 Å². The van der Waals surface area contributed by atoms with E-state index in [9.17, 15) is 9.59 Å². The van der Waals surface area contributed by atoms with Gasteiger partial charge in [0.1, 0.15) is 0 Å². The van der Waals surface area contributed by atoms with Gasteiger partial charge in [0.05, 0.1) is 12.5 Å². The van der Waals surface area contributed by atoms with E-state index in [0.29, 0.717) is 5.92 Å². The molecule has 0 aromatic heterocycles. The Hall–Kier alpha value is -1.36. The highest BCUT2D eigenvalue weighted by Gasteiger charge is 2.07. The molecule has 0 aliphatic rings. The van der Waals surface area contributed by atoms with E-state index in [1.807, 2.05) is 6.92 Å². The lowest BCUT2D eigenvalue weighted by molar-refractivity contribution is -0.139. The van der Waals surface area contributed by atoms with Gasteiger partial charge in [-0.05, 0) is 19.3 Å². The molecule has 1 atom stereocenters. The number of aliphatic carboxylic acids is 2. The van der Waals surface area contributed by atoms with Crippen LogP contribution in [-0.2, 0) is 9.59 Å². The Morgan fingerprint density at radius 1 is 1.19 bits per heavy atom. The van der Waals surface area contributed by atoms with E-state index in [4.69, 9.17) is 15.3 Å². The third-order valence-electron chi connectivity index (χ3n) is 1.48. The summed E-state index contributed by atoms with van der Waals surface area (Å²) in [7, 11) is 0. The maximum Gasteiger partial charge on any atom is 0.331 e. The van der Waals surface area contributed by atoms with Crippen LogP contribution in [-0.4, -0.2) is 33.4 Å². The Morgan fingerprint density at radius 3 is 1.69 bits per heavy atom. The fourth-order valence-electron chi connectivity index (χ4n) is 0.940. The highest BCUT2D eigenvalue weighted by Crippen LogP contribution is 2.01. The van der Waals surface area contributed by atoms with Crippen LogP contribution in [0.3, 0.4) is 0 Å². The molecule has 94 valence electrons. The van der Waals surface area contributed by atoms with E-state index in [-0.39, 0.29) is 11.7 Å². The van der Waals surface area contributed by atoms with Crippen molar-refractivity contribution in [3.63, 3.8) is 0 Å². The van der Waals surface area contributed by atoms with E-state index >= 15 is 0 Å². The topological polar surface area (TPSA) is 94.8 Å². The minimum absolute atomic E-state index is 0.125. The second-order valence-electron chi connectivity index (χ2n) is 3.96. The number of hydrogen-bond donors (Lipinski definition) is 3. The Kier molecular flexibility index (Phi) is 9.49. The molecule has 5 nitrogen and oxygen atoms in total. The third kappa shape index (κ3) is 15.1. The van der Waals surface area contributed by atoms with Crippen LogP contribution in [0.2, 0.25) is 0 Å². The van der Waals surface area contributed by atoms with Crippen LogP contribution < -0.4 is 0 Å². The predicted octanol–water partition coefficient (Wildman–Crippen LogP) is 1.52. The minimum Gasteiger partial charge on any atom is -0.481 e. The second kappa shape index (κ2) is 8.91. The molecule has 0 fully saturated rings. The molecule has 5 heteroatoms. The first-order valence-electron chi connectivity index (χ1n) is 4.97. The molecular weight excluding hydrogens is 212 g/mol. The summed E-state index contributed by atoms with van der Waals surface area (Å²) in [5, 5.41) is 24.8. The molecule has 0 radical (unpaired) electrons. The fourth-order valence-corrected chi connectivity index (χ4v) is 0.940. The zero-order chi connectivity index (χ0) is 13.3. The average molecular weight is 232 g/mol. The molecule has 0 heterocycles. The third-order valence-corrected chi connectivity index (χ3v) is 1.48. The van der Waals surface area contributed by atoms with Gasteiger partial charge >= 0.3 is 11.9 Å². The predicted molar refractivity (Wildman–Crippen MR) is 60.2 cm³/mol. The van der Waals surface area contributed by atoms with Gasteiger partial charge in [-0.15, -0.1) is 0 Å². The number of carboxylic acids is 2. The monoisotopic (exact) mass is 232 g/mol. The normalized spacial score (nSPS) is 11.3. The van der Waals surface area contributed by atoms with E-state index in [0.717, 1.165) is 6.42 Å². The van der Waals surface area contributed by atoms with Gasteiger partial charge in [0.25, 0.3) is 0 Å². The Morgan fingerprint density at radius 2 is 1.62 bits per heavy atom. The first-order chi connectivity index (χ1) is 7.16. The zero-order valence-electron chi connectivity index (χ0n) is 9.93. The van der Waals surface area contributed by atoms with Crippen molar-refractivity contribution < 1.29 is 24.9 Å². The average Bonchev–Trinajstić information content (AvgIpc) is 2.00. The molecule has 0 aromatic rings. The largest absolute Gasteiger partial charge is 0.481 e. The van der Waals surface area contributed by atoms with Gasteiger partial charge < -0.3 is 15.3 Å². The highest BCUT2D eigenvalue weighted by atomic mass is 16.4. The molecule has 0 rings (SSSR count). The molecule has 0 aliphatic carbocycles. The summed E-state index contributed by atoms with van der Waals surface area (Å²) in [6.45, 7) is 9.04. The van der Waals surface area contributed by atoms with E-state index in [1.54, 1.807) is 0 Å². The van der Waals surface area contributed by atoms with Crippen LogP contribution in [0.15, 0.2) is 12.2 Å². The van der Waals surface area contributed by atoms with Crippen molar-refractivity contribution in [1.29, 1.82) is 0 Å². The molecule has 0 aliphatic heterocycles. The van der Waals surface area contributed by atoms with Gasteiger partial charge in [-0.3, -0.25) is 4.79 Å². The highest BCUT2D eigenvalue weighted by molar-refractivity contribution is 5.91. The molecule has 0 saturated heterocycles. The Labute approximate surface area is 95.4 Å². The first-order valence-corrected chi connectivity index (χ1v) is 4.97. The number of carbonyl (C=O) groups is 2. The first kappa shape index (κ1) is 17.0. The Balaban J connectivity index is 0. The number of hydrogen-bond acceptors (Lipinski definition) is 3. The van der Waals surface area contributed by atoms with E-state index in [1.165, 1.54) is 0 Å². The summed E-state index contributed by atoms with van der Waals surface area (Å²) >= 11 is 0. The molecule has 0 saturated carbocycles. The molecule has 3 N–H and O–H groups in total. The number of aliphatic hydroxyl groups excluding tert-OH is 1. The zero-order valence-corrected chi connectivity index (χ0v) is 9.93. The molecule has 0 spiro atoms. The second-order valence-corrected chi connectivity index (χ2v) is 3.96. The van der Waals surface area contributed by atoms with Crippen LogP contribution in [0, 0.1) is 5.92 Å². The van der Waals surface area contributed by atoms with Gasteiger partial charge in [0.2, 0.25) is 0 Å². The van der Waals surface area contributed by atoms with Crippen LogP contribution >= 0.6 is 0 Å². The quantitative estimate of drug-likeness (QED) is 0.624. The molecular formula is C11H20O5. The van der Waals surface area contributed by atoms with Crippen molar-refractivity contribution >= 4 is 11.9 Å². The molecule has 16 heavy (non-hydrogen) atoms. The molecule has 0 aromatic carbocycles. The lowest BCUT2D eigenvalue weighted by Gasteiger charge is -2.04. The molecule has 1 unspecified atom stereocenters. The van der Waals surface area contributed by atoms with E-state index < -0.39 is 18.4 Å².